The highest BCUT2D eigenvalue weighted by atomic mass is 32.1. The number of nitrogens with two attached hydrogens (primary N) is 1. The van der Waals surface area contributed by atoms with Gasteiger partial charge in [0.05, 0.1) is 4.99 Å². The maximum atomic E-state index is 5.44. The lowest BCUT2D eigenvalue weighted by atomic mass is 9.86. The SMILES string of the molecule is NC(=S)CCCC1CCCCC1. The van der Waals surface area contributed by atoms with E-state index >= 15 is 0 Å². The van der Waals surface area contributed by atoms with Crippen LogP contribution in [0.15, 0.2) is 0 Å². The van der Waals surface area contributed by atoms with Crippen molar-refractivity contribution in [1.29, 1.82) is 0 Å². The summed E-state index contributed by atoms with van der Waals surface area (Å²) < 4.78 is 0. The molecule has 2 N–H and O–H groups in total. The molecule has 0 amide bonds. The van der Waals surface area contributed by atoms with Gasteiger partial charge in [0, 0.05) is 0 Å². The lowest BCUT2D eigenvalue weighted by molar-refractivity contribution is 0.334. The zero-order valence-electron chi connectivity index (χ0n) is 7.72. The van der Waals surface area contributed by atoms with Gasteiger partial charge in [-0.2, -0.15) is 0 Å². The van der Waals surface area contributed by atoms with Crippen LogP contribution in [0, 0.1) is 5.92 Å². The van der Waals surface area contributed by atoms with E-state index in [1.807, 2.05) is 0 Å². The summed E-state index contributed by atoms with van der Waals surface area (Å²) in [6.45, 7) is 0. The molecule has 0 heterocycles. The van der Waals surface area contributed by atoms with Crippen molar-refractivity contribution >= 4 is 17.2 Å². The Hall–Kier alpha value is -0.110. The lowest BCUT2D eigenvalue weighted by Gasteiger charge is -2.20. The Morgan fingerprint density at radius 3 is 2.50 bits per heavy atom. The molecular formula is C10H19NS. The fraction of sp³-hybridized carbons (Fsp3) is 0.900. The maximum Gasteiger partial charge on any atom is 0.0727 e. The first-order valence-corrected chi connectivity index (χ1v) is 5.48. The molecule has 1 rings (SSSR count). The topological polar surface area (TPSA) is 26.0 Å². The van der Waals surface area contributed by atoms with Crippen molar-refractivity contribution in [3.8, 4) is 0 Å². The van der Waals surface area contributed by atoms with Gasteiger partial charge in [-0.15, -0.1) is 0 Å². The average molecular weight is 185 g/mol. The van der Waals surface area contributed by atoms with E-state index in [2.05, 4.69) is 0 Å². The van der Waals surface area contributed by atoms with Crippen LogP contribution in [0.2, 0.25) is 0 Å². The first kappa shape index (κ1) is 9.97. The smallest absolute Gasteiger partial charge is 0.0727 e. The molecule has 1 aliphatic carbocycles. The van der Waals surface area contributed by atoms with Gasteiger partial charge in [0.25, 0.3) is 0 Å². The van der Waals surface area contributed by atoms with Gasteiger partial charge in [0.2, 0.25) is 0 Å². The fourth-order valence-corrected chi connectivity index (χ4v) is 2.19. The third-order valence-electron chi connectivity index (χ3n) is 2.76. The van der Waals surface area contributed by atoms with Crippen molar-refractivity contribution in [3.63, 3.8) is 0 Å². The van der Waals surface area contributed by atoms with Crippen molar-refractivity contribution in [2.45, 2.75) is 51.4 Å². The predicted octanol–water partition coefficient (Wildman–Crippen LogP) is 3.02. The third-order valence-corrected chi connectivity index (χ3v) is 2.96. The monoisotopic (exact) mass is 185 g/mol. The van der Waals surface area contributed by atoms with Crippen LogP contribution < -0.4 is 5.73 Å². The lowest BCUT2D eigenvalue weighted by Crippen LogP contribution is -2.10. The normalized spacial score (nSPS) is 19.3. The third kappa shape index (κ3) is 4.05. The Kier molecular flexibility index (Phi) is 4.59. The van der Waals surface area contributed by atoms with Crippen LogP contribution in [0.25, 0.3) is 0 Å². The number of hydrogen-bond donors (Lipinski definition) is 1. The van der Waals surface area contributed by atoms with Crippen LogP contribution in [-0.4, -0.2) is 4.99 Å². The second-order valence-corrected chi connectivity index (χ2v) is 4.39. The summed E-state index contributed by atoms with van der Waals surface area (Å²) in [5.41, 5.74) is 5.44. The summed E-state index contributed by atoms with van der Waals surface area (Å²) in [7, 11) is 0. The van der Waals surface area contributed by atoms with Crippen LogP contribution in [0.5, 0.6) is 0 Å². The molecule has 0 aromatic rings. The van der Waals surface area contributed by atoms with Crippen molar-refractivity contribution in [1.82, 2.24) is 0 Å². The minimum Gasteiger partial charge on any atom is -0.393 e. The quantitative estimate of drug-likeness (QED) is 0.681. The molecule has 0 atom stereocenters. The van der Waals surface area contributed by atoms with Crippen molar-refractivity contribution in [2.24, 2.45) is 11.7 Å². The van der Waals surface area contributed by atoms with E-state index in [-0.39, 0.29) is 0 Å². The minimum atomic E-state index is 0.686. The second-order valence-electron chi connectivity index (χ2n) is 3.86. The zero-order valence-corrected chi connectivity index (χ0v) is 8.54. The molecule has 0 radical (unpaired) electrons. The summed E-state index contributed by atoms with van der Waals surface area (Å²) in [6, 6.07) is 0. The molecule has 1 nitrogen and oxygen atoms in total. The van der Waals surface area contributed by atoms with Crippen LogP contribution in [0.3, 0.4) is 0 Å². The van der Waals surface area contributed by atoms with E-state index in [4.69, 9.17) is 18.0 Å². The van der Waals surface area contributed by atoms with Gasteiger partial charge >= 0.3 is 0 Å². The number of thiocarbonyl (C=S) groups is 1. The highest BCUT2D eigenvalue weighted by Gasteiger charge is 2.12. The van der Waals surface area contributed by atoms with E-state index in [0.717, 1.165) is 12.3 Å². The van der Waals surface area contributed by atoms with Gasteiger partial charge in [-0.3, -0.25) is 0 Å². The van der Waals surface area contributed by atoms with E-state index < -0.39 is 0 Å². The molecule has 1 fully saturated rings. The Morgan fingerprint density at radius 1 is 1.25 bits per heavy atom. The van der Waals surface area contributed by atoms with Crippen LogP contribution in [0.1, 0.15) is 51.4 Å². The highest BCUT2D eigenvalue weighted by Crippen LogP contribution is 2.27. The molecule has 0 spiro atoms. The Morgan fingerprint density at radius 2 is 1.92 bits per heavy atom. The molecule has 1 aliphatic rings. The number of rotatable bonds is 4. The molecule has 0 aromatic heterocycles. The molecule has 0 saturated heterocycles. The van der Waals surface area contributed by atoms with Gasteiger partial charge in [0.1, 0.15) is 0 Å². The van der Waals surface area contributed by atoms with Crippen LogP contribution in [0.4, 0.5) is 0 Å². The van der Waals surface area contributed by atoms with Gasteiger partial charge in [-0.25, -0.2) is 0 Å². The Balaban J connectivity index is 2.01. The summed E-state index contributed by atoms with van der Waals surface area (Å²) >= 11 is 4.84. The molecule has 70 valence electrons. The van der Waals surface area contributed by atoms with Crippen molar-refractivity contribution in [2.75, 3.05) is 0 Å². The maximum absolute atomic E-state index is 5.44. The average Bonchev–Trinajstić information content (AvgIpc) is 2.05. The molecule has 0 bridgehead atoms. The highest BCUT2D eigenvalue weighted by molar-refractivity contribution is 7.80. The van der Waals surface area contributed by atoms with E-state index in [1.165, 1.54) is 44.9 Å². The number of hydrogen-bond acceptors (Lipinski definition) is 1. The van der Waals surface area contributed by atoms with Gasteiger partial charge in [0.15, 0.2) is 0 Å². The molecular weight excluding hydrogens is 166 g/mol. The van der Waals surface area contributed by atoms with Gasteiger partial charge in [-0.05, 0) is 18.8 Å². The zero-order chi connectivity index (χ0) is 8.81. The van der Waals surface area contributed by atoms with E-state index in [0.29, 0.717) is 4.99 Å². The fourth-order valence-electron chi connectivity index (χ4n) is 2.04. The largest absolute Gasteiger partial charge is 0.393 e. The van der Waals surface area contributed by atoms with Crippen LogP contribution in [-0.2, 0) is 0 Å². The van der Waals surface area contributed by atoms with Crippen LogP contribution >= 0.6 is 12.2 Å². The molecule has 2 heteroatoms. The summed E-state index contributed by atoms with van der Waals surface area (Å²) in [5.74, 6) is 0.980. The van der Waals surface area contributed by atoms with Crippen molar-refractivity contribution in [3.05, 3.63) is 0 Å². The standard InChI is InChI=1S/C10H19NS/c11-10(12)8-4-7-9-5-2-1-3-6-9/h9H,1-8H2,(H2,11,12). The van der Waals surface area contributed by atoms with E-state index in [9.17, 15) is 0 Å². The summed E-state index contributed by atoms with van der Waals surface area (Å²) in [4.78, 5) is 0.686. The predicted molar refractivity (Wildman–Crippen MR) is 57.2 cm³/mol. The van der Waals surface area contributed by atoms with Gasteiger partial charge < -0.3 is 5.73 Å². The molecule has 1 saturated carbocycles. The molecule has 0 unspecified atom stereocenters. The second kappa shape index (κ2) is 5.52. The molecule has 0 aliphatic heterocycles. The minimum absolute atomic E-state index is 0.686. The van der Waals surface area contributed by atoms with Crippen molar-refractivity contribution < 1.29 is 0 Å². The van der Waals surface area contributed by atoms with E-state index in [1.54, 1.807) is 0 Å². The Bertz CT molecular complexity index is 139. The molecule has 12 heavy (non-hydrogen) atoms. The first-order valence-electron chi connectivity index (χ1n) is 5.07. The first-order chi connectivity index (χ1) is 5.79. The Labute approximate surface area is 80.7 Å². The summed E-state index contributed by atoms with van der Waals surface area (Å²) in [6.07, 6.45) is 10.7. The molecule has 0 aromatic carbocycles. The van der Waals surface area contributed by atoms with Gasteiger partial charge in [-0.1, -0.05) is 50.7 Å². The summed E-state index contributed by atoms with van der Waals surface area (Å²) in [5, 5.41) is 0.